The molecule has 8 nitrogen and oxygen atoms in total. The van der Waals surface area contributed by atoms with Crippen molar-refractivity contribution >= 4 is 43.5 Å². The fourth-order valence-electron chi connectivity index (χ4n) is 4.83. The number of benzene rings is 4. The fraction of sp³-hybridized carbons (Fsp3) is 0.257. The number of carbonyl (C=O) groups is 2. The molecule has 1 atom stereocenters. The zero-order valence-corrected chi connectivity index (χ0v) is 28.0. The predicted octanol–water partition coefficient (Wildman–Crippen LogP) is 6.07. The van der Waals surface area contributed by atoms with Crippen LogP contribution in [0.25, 0.3) is 0 Å². The maximum absolute atomic E-state index is 14.5. The van der Waals surface area contributed by atoms with Crippen molar-refractivity contribution in [2.45, 2.75) is 37.8 Å². The number of para-hydroxylation sites is 2. The number of hydrogen-bond donors (Lipinski definition) is 1. The van der Waals surface area contributed by atoms with Gasteiger partial charge in [0.1, 0.15) is 18.3 Å². The highest BCUT2D eigenvalue weighted by Gasteiger charge is 2.35. The summed E-state index contributed by atoms with van der Waals surface area (Å²) in [5.41, 5.74) is 1.87. The van der Waals surface area contributed by atoms with Crippen LogP contribution in [0.15, 0.2) is 119 Å². The topological polar surface area (TPSA) is 96.0 Å². The van der Waals surface area contributed by atoms with E-state index in [0.29, 0.717) is 12.3 Å². The minimum atomic E-state index is -4.22. The molecule has 10 heteroatoms. The van der Waals surface area contributed by atoms with Crippen LogP contribution in [0.1, 0.15) is 25.0 Å². The molecule has 0 aromatic heterocycles. The Morgan fingerprint density at radius 3 is 2.04 bits per heavy atom. The lowest BCUT2D eigenvalue weighted by Gasteiger charge is -2.34. The molecule has 236 valence electrons. The van der Waals surface area contributed by atoms with Crippen molar-refractivity contribution in [2.75, 3.05) is 24.5 Å². The monoisotopic (exact) mass is 691 g/mol. The Kier molecular flexibility index (Phi) is 11.8. The van der Waals surface area contributed by atoms with Crippen LogP contribution in [-0.2, 0) is 32.6 Å². The number of hydrogen-bond acceptors (Lipinski definition) is 5. The molecular weight excluding hydrogens is 654 g/mol. The molecule has 0 aliphatic carbocycles. The molecule has 0 fully saturated rings. The summed E-state index contributed by atoms with van der Waals surface area (Å²) in [5.74, 6) is -0.365. The summed E-state index contributed by atoms with van der Waals surface area (Å²) in [4.78, 5) is 29.9. The molecule has 4 aromatic carbocycles. The van der Waals surface area contributed by atoms with E-state index in [1.54, 1.807) is 42.5 Å². The zero-order valence-electron chi connectivity index (χ0n) is 25.6. The highest BCUT2D eigenvalue weighted by Crippen LogP contribution is 2.32. The van der Waals surface area contributed by atoms with E-state index in [1.165, 1.54) is 24.1 Å². The van der Waals surface area contributed by atoms with Crippen molar-refractivity contribution in [2.24, 2.45) is 5.92 Å². The highest BCUT2D eigenvalue weighted by atomic mass is 79.9. The summed E-state index contributed by atoms with van der Waals surface area (Å²) in [5, 5.41) is 3.00. The van der Waals surface area contributed by atoms with Gasteiger partial charge in [-0.15, -0.1) is 0 Å². The van der Waals surface area contributed by atoms with Gasteiger partial charge in [-0.05, 0) is 53.4 Å². The van der Waals surface area contributed by atoms with Crippen molar-refractivity contribution in [1.82, 2.24) is 10.2 Å². The minimum absolute atomic E-state index is 0.0266. The van der Waals surface area contributed by atoms with Crippen LogP contribution < -0.4 is 14.4 Å². The van der Waals surface area contributed by atoms with Crippen LogP contribution in [0.3, 0.4) is 0 Å². The van der Waals surface area contributed by atoms with Gasteiger partial charge in [-0.1, -0.05) is 103 Å². The van der Waals surface area contributed by atoms with E-state index in [-0.39, 0.29) is 35.4 Å². The standard InChI is InChI=1S/C35H38BrN3O5S/c1-26(2)23-37-35(41)32(22-27-12-6-4-7-13-27)38(24-28-18-20-29(36)21-19-28)34(40)25-39(31-16-10-11-17-33(31)44-3)45(42,43)30-14-8-5-9-15-30/h4-21,26,32H,22-25H2,1-3H3,(H,37,41). The van der Waals surface area contributed by atoms with Gasteiger partial charge in [0, 0.05) is 24.0 Å². The molecule has 0 saturated heterocycles. The fourth-order valence-corrected chi connectivity index (χ4v) is 6.54. The lowest BCUT2D eigenvalue weighted by atomic mass is 10.0. The molecule has 0 bridgehead atoms. The Morgan fingerprint density at radius 2 is 1.42 bits per heavy atom. The molecule has 4 aromatic rings. The second kappa shape index (κ2) is 15.7. The maximum atomic E-state index is 14.5. The summed E-state index contributed by atoms with van der Waals surface area (Å²) in [6.07, 6.45) is 0.243. The second-order valence-electron chi connectivity index (χ2n) is 11.0. The Labute approximate surface area is 274 Å². The number of methoxy groups -OCH3 is 1. The van der Waals surface area contributed by atoms with Crippen molar-refractivity contribution in [1.29, 1.82) is 0 Å². The third-order valence-corrected chi connectivity index (χ3v) is 9.49. The lowest BCUT2D eigenvalue weighted by molar-refractivity contribution is -0.140. The average Bonchev–Trinajstić information content (AvgIpc) is 3.05. The largest absolute Gasteiger partial charge is 0.495 e. The van der Waals surface area contributed by atoms with Crippen molar-refractivity contribution < 1.29 is 22.7 Å². The molecule has 1 N–H and O–H groups in total. The van der Waals surface area contributed by atoms with Crippen molar-refractivity contribution in [3.05, 3.63) is 125 Å². The van der Waals surface area contributed by atoms with Gasteiger partial charge >= 0.3 is 0 Å². The number of nitrogens with one attached hydrogen (secondary N) is 1. The first kappa shape index (κ1) is 33.7. The molecule has 0 radical (unpaired) electrons. The SMILES string of the molecule is COc1ccccc1N(CC(=O)N(Cc1ccc(Br)cc1)C(Cc1ccccc1)C(=O)NCC(C)C)S(=O)(=O)c1ccccc1. The molecular formula is C35H38BrN3O5S. The maximum Gasteiger partial charge on any atom is 0.264 e. The normalized spacial score (nSPS) is 11.9. The van der Waals surface area contributed by atoms with E-state index in [9.17, 15) is 18.0 Å². The lowest BCUT2D eigenvalue weighted by Crippen LogP contribution is -2.53. The molecule has 1 unspecified atom stereocenters. The number of ether oxygens (including phenoxy) is 1. The Morgan fingerprint density at radius 1 is 0.822 bits per heavy atom. The van der Waals surface area contributed by atoms with Crippen LogP contribution in [-0.4, -0.2) is 51.4 Å². The van der Waals surface area contributed by atoms with Gasteiger partial charge in [0.2, 0.25) is 11.8 Å². The number of anilines is 1. The molecule has 0 spiro atoms. The molecule has 0 heterocycles. The average molecular weight is 693 g/mol. The summed E-state index contributed by atoms with van der Waals surface area (Å²) in [6.45, 7) is 3.95. The molecule has 2 amide bonds. The van der Waals surface area contributed by atoms with Gasteiger partial charge < -0.3 is 15.0 Å². The first-order valence-electron chi connectivity index (χ1n) is 14.7. The molecule has 45 heavy (non-hydrogen) atoms. The van der Waals surface area contributed by atoms with E-state index in [0.717, 1.165) is 19.9 Å². The molecule has 0 aliphatic heterocycles. The van der Waals surface area contributed by atoms with E-state index in [4.69, 9.17) is 4.74 Å². The van der Waals surface area contributed by atoms with Crippen LogP contribution in [0, 0.1) is 5.92 Å². The summed E-state index contributed by atoms with van der Waals surface area (Å²) in [7, 11) is -2.77. The number of nitrogens with zero attached hydrogens (tertiary/aromatic N) is 2. The summed E-state index contributed by atoms with van der Waals surface area (Å²) < 4.78 is 35.7. The number of carbonyl (C=O) groups excluding carboxylic acids is 2. The van der Waals surface area contributed by atoms with E-state index < -0.39 is 28.5 Å². The highest BCUT2D eigenvalue weighted by molar-refractivity contribution is 9.10. The van der Waals surface area contributed by atoms with Crippen LogP contribution in [0.2, 0.25) is 0 Å². The van der Waals surface area contributed by atoms with Gasteiger partial charge in [0.25, 0.3) is 10.0 Å². The smallest absolute Gasteiger partial charge is 0.264 e. The van der Waals surface area contributed by atoms with Gasteiger partial charge in [0.05, 0.1) is 17.7 Å². The van der Waals surface area contributed by atoms with Crippen LogP contribution >= 0.6 is 15.9 Å². The van der Waals surface area contributed by atoms with Gasteiger partial charge in [0.15, 0.2) is 0 Å². The van der Waals surface area contributed by atoms with Crippen LogP contribution in [0.5, 0.6) is 5.75 Å². The van der Waals surface area contributed by atoms with Crippen LogP contribution in [0.4, 0.5) is 5.69 Å². The van der Waals surface area contributed by atoms with Crippen molar-refractivity contribution in [3.63, 3.8) is 0 Å². The number of sulfonamides is 1. The van der Waals surface area contributed by atoms with E-state index in [1.807, 2.05) is 68.4 Å². The number of halogens is 1. The first-order chi connectivity index (χ1) is 21.6. The van der Waals surface area contributed by atoms with E-state index in [2.05, 4.69) is 21.2 Å². The molecule has 4 rings (SSSR count). The Bertz CT molecular complexity index is 1670. The third-order valence-electron chi connectivity index (χ3n) is 7.19. The summed E-state index contributed by atoms with van der Waals surface area (Å²) in [6, 6.07) is 30.6. The first-order valence-corrected chi connectivity index (χ1v) is 16.9. The quantitative estimate of drug-likeness (QED) is 0.173. The van der Waals surface area contributed by atoms with Gasteiger partial charge in [-0.3, -0.25) is 13.9 Å². The molecule has 0 saturated carbocycles. The summed E-state index contributed by atoms with van der Waals surface area (Å²) >= 11 is 3.46. The second-order valence-corrected chi connectivity index (χ2v) is 13.8. The van der Waals surface area contributed by atoms with E-state index >= 15 is 0 Å². The number of amides is 2. The Balaban J connectivity index is 1.81. The predicted molar refractivity (Wildman–Crippen MR) is 180 cm³/mol. The minimum Gasteiger partial charge on any atom is -0.495 e. The van der Waals surface area contributed by atoms with Crippen molar-refractivity contribution in [3.8, 4) is 5.75 Å². The Hall–Kier alpha value is -4.15. The van der Waals surface area contributed by atoms with Gasteiger partial charge in [-0.2, -0.15) is 0 Å². The number of rotatable bonds is 14. The third kappa shape index (κ3) is 8.95. The zero-order chi connectivity index (χ0) is 32.4. The van der Waals surface area contributed by atoms with Gasteiger partial charge in [-0.25, -0.2) is 8.42 Å². The molecule has 0 aliphatic rings.